The molecule has 2 atom stereocenters. The highest BCUT2D eigenvalue weighted by molar-refractivity contribution is 5.72. The van der Waals surface area contributed by atoms with Gasteiger partial charge in [0, 0.05) is 19.3 Å². The minimum Gasteiger partial charge on any atom is -0.477 e. The molecule has 0 saturated carbocycles. The maximum absolute atomic E-state index is 12.7. The third-order valence-electron chi connectivity index (χ3n) is 8.17. The number of carbonyl (C=O) groups is 3. The summed E-state index contributed by atoms with van der Waals surface area (Å²) < 4.78 is 17.1. The molecule has 1 N–H and O–H groups in total. The number of rotatable bonds is 33. The summed E-state index contributed by atoms with van der Waals surface area (Å²) in [6.45, 7) is 4.44. The molecule has 294 valence electrons. The van der Waals surface area contributed by atoms with E-state index in [2.05, 4.69) is 44.2 Å². The van der Waals surface area contributed by atoms with Crippen LogP contribution in [-0.2, 0) is 28.6 Å². The lowest BCUT2D eigenvalue weighted by atomic mass is 10.1. The van der Waals surface area contributed by atoms with Gasteiger partial charge in [0.15, 0.2) is 12.1 Å². The molecule has 0 aliphatic rings. The zero-order chi connectivity index (χ0) is 38.5. The van der Waals surface area contributed by atoms with Crippen molar-refractivity contribution in [2.24, 2.45) is 0 Å². The van der Waals surface area contributed by atoms with E-state index in [0.717, 1.165) is 38.5 Å². The Kier molecular flexibility index (Phi) is 32.3. The highest BCUT2D eigenvalue weighted by Gasteiger charge is 2.31. The second-order valence-corrected chi connectivity index (χ2v) is 13.9. The van der Waals surface area contributed by atoms with Gasteiger partial charge in [-0.15, -0.1) is 0 Å². The van der Waals surface area contributed by atoms with Crippen molar-refractivity contribution in [1.29, 1.82) is 0 Å². The highest BCUT2D eigenvalue weighted by Crippen LogP contribution is 2.11. The van der Waals surface area contributed by atoms with Crippen LogP contribution in [0.3, 0.4) is 0 Å². The van der Waals surface area contributed by atoms with Gasteiger partial charge in [-0.25, -0.2) is 4.79 Å². The number of carboxylic acids is 1. The van der Waals surface area contributed by atoms with Crippen molar-refractivity contribution in [1.82, 2.24) is 0 Å². The Morgan fingerprint density at radius 1 is 0.615 bits per heavy atom. The highest BCUT2D eigenvalue weighted by atomic mass is 16.6. The first kappa shape index (κ1) is 48.5. The third-order valence-corrected chi connectivity index (χ3v) is 8.17. The summed E-state index contributed by atoms with van der Waals surface area (Å²) in [6, 6.07) is -0.634. The largest absolute Gasteiger partial charge is 0.477 e. The zero-order valence-electron chi connectivity index (χ0n) is 33.2. The van der Waals surface area contributed by atoms with E-state index in [0.29, 0.717) is 19.3 Å². The van der Waals surface area contributed by atoms with E-state index in [1.54, 1.807) is 0 Å². The minimum atomic E-state index is -0.894. The Balaban J connectivity index is 4.60. The van der Waals surface area contributed by atoms with Crippen LogP contribution < -0.4 is 0 Å². The van der Waals surface area contributed by atoms with Crippen LogP contribution in [0.25, 0.3) is 0 Å². The van der Waals surface area contributed by atoms with Gasteiger partial charge in [0.05, 0.1) is 34.4 Å². The van der Waals surface area contributed by atoms with Crippen molar-refractivity contribution >= 4 is 17.9 Å². The third kappa shape index (κ3) is 32.4. The van der Waals surface area contributed by atoms with E-state index in [9.17, 15) is 19.5 Å². The lowest BCUT2D eigenvalue weighted by Crippen LogP contribution is -2.50. The van der Waals surface area contributed by atoms with Gasteiger partial charge in [0.25, 0.3) is 0 Å². The van der Waals surface area contributed by atoms with Gasteiger partial charge in [0.1, 0.15) is 6.61 Å². The Morgan fingerprint density at radius 2 is 1.19 bits per heavy atom. The number of allylic oxidation sites excluding steroid dienone is 14. The molecule has 0 aromatic heterocycles. The number of carbonyl (C=O) groups excluding carboxylic acids is 2. The van der Waals surface area contributed by atoms with Crippen molar-refractivity contribution in [3.63, 3.8) is 0 Å². The summed E-state index contributed by atoms with van der Waals surface area (Å²) in [5, 5.41) is 9.59. The molecule has 0 rings (SSSR count). The predicted octanol–water partition coefficient (Wildman–Crippen LogP) is 10.2. The second-order valence-electron chi connectivity index (χ2n) is 13.9. The fraction of sp³-hybridized carbons (Fsp3) is 0.614. The van der Waals surface area contributed by atoms with Gasteiger partial charge in [-0.2, -0.15) is 0 Å². The lowest BCUT2D eigenvalue weighted by Gasteiger charge is -2.31. The van der Waals surface area contributed by atoms with Crippen molar-refractivity contribution in [2.45, 2.75) is 135 Å². The topological polar surface area (TPSA) is 99.1 Å². The molecule has 0 aromatic rings. The van der Waals surface area contributed by atoms with E-state index >= 15 is 0 Å². The first-order chi connectivity index (χ1) is 25.1. The van der Waals surface area contributed by atoms with Crippen LogP contribution in [0.1, 0.15) is 123 Å². The molecular weight excluding hydrogens is 654 g/mol. The Hall–Kier alpha value is -3.49. The molecule has 0 amide bonds. The first-order valence-corrected chi connectivity index (χ1v) is 19.7. The fourth-order valence-electron chi connectivity index (χ4n) is 5.10. The maximum atomic E-state index is 12.7. The lowest BCUT2D eigenvalue weighted by molar-refractivity contribution is -0.887. The average molecular weight is 727 g/mol. The number of aliphatic carboxylic acids is 1. The van der Waals surface area contributed by atoms with E-state index in [-0.39, 0.29) is 49.1 Å². The average Bonchev–Trinajstić information content (AvgIpc) is 3.09. The van der Waals surface area contributed by atoms with Crippen molar-refractivity contribution in [3.05, 3.63) is 85.1 Å². The summed E-state index contributed by atoms with van der Waals surface area (Å²) in [7, 11) is 5.47. The molecule has 0 saturated heterocycles. The van der Waals surface area contributed by atoms with Crippen LogP contribution in [-0.4, -0.2) is 80.6 Å². The van der Waals surface area contributed by atoms with Crippen LogP contribution in [0.4, 0.5) is 0 Å². The second kappa shape index (κ2) is 34.6. The van der Waals surface area contributed by atoms with Gasteiger partial charge in [-0.05, 0) is 51.4 Å². The Labute approximate surface area is 316 Å². The molecule has 0 bridgehead atoms. The van der Waals surface area contributed by atoms with E-state index in [1.165, 1.54) is 38.5 Å². The van der Waals surface area contributed by atoms with Crippen molar-refractivity contribution in [3.8, 4) is 0 Å². The normalized spacial score (nSPS) is 13.9. The summed E-state index contributed by atoms with van der Waals surface area (Å²) in [5.41, 5.74) is 0. The summed E-state index contributed by atoms with van der Waals surface area (Å²) >= 11 is 0. The number of quaternary nitrogens is 1. The van der Waals surface area contributed by atoms with E-state index in [4.69, 9.17) is 14.2 Å². The molecule has 52 heavy (non-hydrogen) atoms. The number of hydrogen-bond acceptors (Lipinski definition) is 6. The molecule has 0 spiro atoms. The summed E-state index contributed by atoms with van der Waals surface area (Å²) in [5.74, 6) is -1.62. The van der Waals surface area contributed by atoms with Crippen LogP contribution in [0.5, 0.6) is 0 Å². The molecule has 8 heteroatoms. The fourth-order valence-corrected chi connectivity index (χ4v) is 5.10. The first-order valence-electron chi connectivity index (χ1n) is 19.7. The smallest absolute Gasteiger partial charge is 0.362 e. The van der Waals surface area contributed by atoms with Gasteiger partial charge in [-0.1, -0.05) is 137 Å². The van der Waals surface area contributed by atoms with Gasteiger partial charge < -0.3 is 23.8 Å². The van der Waals surface area contributed by atoms with E-state index in [1.807, 2.05) is 75.8 Å². The quantitative estimate of drug-likeness (QED) is 0.0236. The van der Waals surface area contributed by atoms with Crippen molar-refractivity contribution < 1.29 is 38.2 Å². The van der Waals surface area contributed by atoms with Gasteiger partial charge in [0.2, 0.25) is 0 Å². The van der Waals surface area contributed by atoms with Crippen molar-refractivity contribution in [2.75, 3.05) is 41.0 Å². The molecule has 8 nitrogen and oxygen atoms in total. The summed E-state index contributed by atoms with van der Waals surface area (Å²) in [4.78, 5) is 36.8. The van der Waals surface area contributed by atoms with Crippen LogP contribution in [0.2, 0.25) is 0 Å². The number of likely N-dealkylation sites (N-methyl/N-ethyl adjacent to an activating group) is 1. The van der Waals surface area contributed by atoms with E-state index < -0.39 is 18.1 Å². The SMILES string of the molecule is CC/C=C/C=C/C=C/C=C/C=C/CCCCCC(=O)OC(COCCC(C(=O)O)[N+](C)(C)C)COC(=O)CC/C=C/C/C=C/CCCCCCCC. The number of unbranched alkanes of at least 4 members (excludes halogenated alkanes) is 9. The number of nitrogens with zero attached hydrogens (tertiary/aromatic N) is 1. The molecule has 0 aliphatic heterocycles. The molecular formula is C44H72NO7+. The van der Waals surface area contributed by atoms with Crippen LogP contribution >= 0.6 is 0 Å². The van der Waals surface area contributed by atoms with Gasteiger partial charge in [-0.3, -0.25) is 9.59 Å². The molecule has 0 heterocycles. The number of hydrogen-bond donors (Lipinski definition) is 1. The van der Waals surface area contributed by atoms with Gasteiger partial charge >= 0.3 is 17.9 Å². The molecule has 0 radical (unpaired) electrons. The minimum absolute atomic E-state index is 0.0210. The molecule has 0 aromatic carbocycles. The maximum Gasteiger partial charge on any atom is 0.362 e. The predicted molar refractivity (Wildman–Crippen MR) is 215 cm³/mol. The van der Waals surface area contributed by atoms with Crippen LogP contribution in [0.15, 0.2) is 85.1 Å². The molecule has 0 aliphatic carbocycles. The molecule has 2 unspecified atom stereocenters. The number of ether oxygens (including phenoxy) is 3. The standard InChI is InChI=1S/C44H71NO7/c1-6-8-10-12-14-16-18-20-21-23-25-27-29-31-33-35-43(47)52-40(38-50-37-36-41(44(48)49)45(3,4)5)39-51-42(46)34-32-30-28-26-24-22-19-17-15-13-11-9-7-2/h8,10,12,14,16,18,20-25,28,30,40-41H,6-7,9,11,13,15,17,19,26-27,29,31-39H2,1-5H3/p+1/b10-8+,14-12+,18-16+,21-20+,24-22+,25-23+,30-28+. The Bertz CT molecular complexity index is 1120. The van der Waals surface area contributed by atoms with Crippen LogP contribution in [0, 0.1) is 0 Å². The Morgan fingerprint density at radius 3 is 1.83 bits per heavy atom. The number of carboxylic acid groups (broad SMARTS) is 1. The molecule has 0 fully saturated rings. The summed E-state index contributed by atoms with van der Waals surface area (Å²) in [6.07, 6.45) is 43.6. The number of esters is 2. The monoisotopic (exact) mass is 727 g/mol. The zero-order valence-corrected chi connectivity index (χ0v) is 33.2.